The minimum Gasteiger partial charge on any atom is -0.496 e. The van der Waals surface area contributed by atoms with E-state index in [0.29, 0.717) is 23.7 Å². The third kappa shape index (κ3) is 6.01. The van der Waals surface area contributed by atoms with Crippen molar-refractivity contribution in [2.24, 2.45) is 0 Å². The maximum absolute atomic E-state index is 12.6. The fraction of sp³-hybridized carbons (Fsp3) is 0.118. The molecule has 6 rings (SSSR count). The van der Waals surface area contributed by atoms with Gasteiger partial charge in [-0.1, -0.05) is 48.6 Å². The van der Waals surface area contributed by atoms with Gasteiger partial charge in [-0.25, -0.2) is 0 Å². The van der Waals surface area contributed by atoms with Gasteiger partial charge in [-0.3, -0.25) is 15.1 Å². The molecule has 9 heteroatoms. The number of H-pyrrole nitrogens is 1. The molecule has 43 heavy (non-hydrogen) atoms. The molecule has 5 aromatic rings. The Morgan fingerprint density at radius 3 is 2.77 bits per heavy atom. The highest BCUT2D eigenvalue weighted by Crippen LogP contribution is 2.35. The highest BCUT2D eigenvalue weighted by atomic mass is 16.6. The molecule has 0 aliphatic heterocycles. The summed E-state index contributed by atoms with van der Waals surface area (Å²) in [6, 6.07) is 21.1. The summed E-state index contributed by atoms with van der Waals surface area (Å²) in [6.07, 6.45) is 18.2. The number of rotatable bonds is 10. The number of benzene rings is 2. The van der Waals surface area contributed by atoms with Crippen LogP contribution in [0.5, 0.6) is 11.5 Å². The van der Waals surface area contributed by atoms with E-state index < -0.39 is 5.66 Å². The van der Waals surface area contributed by atoms with Gasteiger partial charge < -0.3 is 14.5 Å². The molecule has 3 aromatic heterocycles. The van der Waals surface area contributed by atoms with Crippen molar-refractivity contribution in [1.29, 1.82) is 0 Å². The molecule has 1 unspecified atom stereocenters. The number of hydrogen-bond acceptors (Lipinski definition) is 6. The average molecular weight is 572 g/mol. The summed E-state index contributed by atoms with van der Waals surface area (Å²) in [5.41, 5.74) is 3.54. The maximum atomic E-state index is 12.6. The summed E-state index contributed by atoms with van der Waals surface area (Å²) in [6.45, 7) is 0.336. The molecular weight excluding hydrogens is 542 g/mol. The summed E-state index contributed by atoms with van der Waals surface area (Å²) in [5, 5.41) is 18.0. The van der Waals surface area contributed by atoms with Gasteiger partial charge in [-0.15, -0.1) is 0 Å². The normalized spacial score (nSPS) is 16.9. The van der Waals surface area contributed by atoms with E-state index in [1.165, 1.54) is 4.68 Å². The predicted molar refractivity (Wildman–Crippen MR) is 166 cm³/mol. The third-order valence-corrected chi connectivity index (χ3v) is 7.27. The number of aromatic amines is 1. The van der Waals surface area contributed by atoms with E-state index >= 15 is 0 Å². The van der Waals surface area contributed by atoms with E-state index in [1.807, 2.05) is 91.2 Å². The Kier molecular flexibility index (Phi) is 7.69. The monoisotopic (exact) mass is 571 g/mol. The van der Waals surface area contributed by atoms with E-state index in [9.17, 15) is 10.1 Å². The summed E-state index contributed by atoms with van der Waals surface area (Å²) in [5.74, 6) is 1.26. The molecule has 0 spiro atoms. The van der Waals surface area contributed by atoms with E-state index in [-0.39, 0.29) is 11.3 Å². The molecule has 1 aliphatic carbocycles. The number of nitrogens with one attached hydrogen (secondary N) is 1. The molecular formula is C34H29N5O4. The number of fused-ring (bicyclic) bond motifs is 1. The van der Waals surface area contributed by atoms with Gasteiger partial charge in [-0.05, 0) is 64.6 Å². The maximum Gasteiger partial charge on any atom is 0.338 e. The first-order valence-corrected chi connectivity index (χ1v) is 13.7. The fourth-order valence-electron chi connectivity index (χ4n) is 5.09. The molecule has 0 saturated heterocycles. The first kappa shape index (κ1) is 27.5. The molecule has 0 fully saturated rings. The van der Waals surface area contributed by atoms with Gasteiger partial charge in [0.25, 0.3) is 0 Å². The molecule has 1 atom stereocenters. The second-order valence-corrected chi connectivity index (χ2v) is 10.1. The number of nitro groups is 1. The Balaban J connectivity index is 1.30. The van der Waals surface area contributed by atoms with Crippen LogP contribution in [0, 0.1) is 10.1 Å². The van der Waals surface area contributed by atoms with Crippen LogP contribution in [0.1, 0.15) is 23.2 Å². The highest BCUT2D eigenvalue weighted by Gasteiger charge is 2.45. The summed E-state index contributed by atoms with van der Waals surface area (Å²) in [7, 11) is 1.60. The number of ether oxygens (including phenoxy) is 2. The van der Waals surface area contributed by atoms with E-state index in [1.54, 1.807) is 37.8 Å². The van der Waals surface area contributed by atoms with Crippen LogP contribution in [0.25, 0.3) is 23.1 Å². The largest absolute Gasteiger partial charge is 0.496 e. The van der Waals surface area contributed by atoms with E-state index in [2.05, 4.69) is 21.1 Å². The number of pyridine rings is 1. The molecule has 1 N–H and O–H groups in total. The number of allylic oxidation sites excluding steroid dienone is 4. The lowest BCUT2D eigenvalue weighted by Gasteiger charge is -2.26. The van der Waals surface area contributed by atoms with Gasteiger partial charge in [0.1, 0.15) is 18.1 Å². The van der Waals surface area contributed by atoms with Crippen LogP contribution < -0.4 is 9.47 Å². The summed E-state index contributed by atoms with van der Waals surface area (Å²) < 4.78 is 12.9. The van der Waals surface area contributed by atoms with Gasteiger partial charge in [0.15, 0.2) is 0 Å². The topological polar surface area (TPSA) is 108 Å². The van der Waals surface area contributed by atoms with Crippen LogP contribution in [0.4, 0.5) is 0 Å². The quantitative estimate of drug-likeness (QED) is 0.143. The summed E-state index contributed by atoms with van der Waals surface area (Å²) in [4.78, 5) is 19.8. The predicted octanol–water partition coefficient (Wildman–Crippen LogP) is 6.96. The van der Waals surface area contributed by atoms with Crippen molar-refractivity contribution in [3.8, 4) is 11.5 Å². The fourth-order valence-corrected chi connectivity index (χ4v) is 5.09. The van der Waals surface area contributed by atoms with Crippen molar-refractivity contribution >= 4 is 23.1 Å². The van der Waals surface area contributed by atoms with Gasteiger partial charge >= 0.3 is 5.66 Å². The van der Waals surface area contributed by atoms with Crippen LogP contribution >= 0.6 is 0 Å². The Bertz CT molecular complexity index is 1870. The standard InChI is InChI=1S/C34H29N5O4/c1-42-33-21-31(43-24-30-5-2-3-15-35-30)13-12-29(33)11-9-27-19-26(7-6-25-8-10-28-14-17-36-32(28)20-25)22-34(23-27,39(40)41)38-18-4-16-37-38/h2-21,23,36H,22,24H2,1H3/b7-6+,11-9+. The molecule has 214 valence electrons. The summed E-state index contributed by atoms with van der Waals surface area (Å²) >= 11 is 0. The van der Waals surface area contributed by atoms with Crippen LogP contribution in [0.15, 0.2) is 127 Å². The smallest absolute Gasteiger partial charge is 0.338 e. The second-order valence-electron chi connectivity index (χ2n) is 10.1. The van der Waals surface area contributed by atoms with Crippen molar-refractivity contribution in [1.82, 2.24) is 19.7 Å². The zero-order chi connectivity index (χ0) is 29.6. The molecule has 9 nitrogen and oxygen atoms in total. The lowest BCUT2D eigenvalue weighted by atomic mass is 9.89. The number of nitrogens with zero attached hydrogens (tertiary/aromatic N) is 4. The molecule has 1 aliphatic rings. The van der Waals surface area contributed by atoms with Gasteiger partial charge in [0.2, 0.25) is 0 Å². The third-order valence-electron chi connectivity index (χ3n) is 7.27. The van der Waals surface area contributed by atoms with Gasteiger partial charge in [0, 0.05) is 48.0 Å². The van der Waals surface area contributed by atoms with E-state index in [0.717, 1.165) is 33.3 Å². The lowest BCUT2D eigenvalue weighted by molar-refractivity contribution is -0.587. The Labute approximate surface area is 248 Å². The average Bonchev–Trinajstić information content (AvgIpc) is 3.75. The Morgan fingerprint density at radius 1 is 1.05 bits per heavy atom. The Hall–Kier alpha value is -5.70. The lowest BCUT2D eigenvalue weighted by Crippen LogP contribution is -2.42. The van der Waals surface area contributed by atoms with Crippen LogP contribution in [-0.4, -0.2) is 31.8 Å². The van der Waals surface area contributed by atoms with Gasteiger partial charge in [-0.2, -0.15) is 9.78 Å². The molecule has 0 saturated carbocycles. The molecule has 3 heterocycles. The molecule has 0 amide bonds. The van der Waals surface area contributed by atoms with Crippen molar-refractivity contribution in [2.75, 3.05) is 7.11 Å². The minimum absolute atomic E-state index is 0.145. The van der Waals surface area contributed by atoms with Crippen molar-refractivity contribution in [3.63, 3.8) is 0 Å². The highest BCUT2D eigenvalue weighted by molar-refractivity contribution is 5.82. The number of methoxy groups -OCH3 is 1. The SMILES string of the molecule is COc1cc(OCc2ccccn2)ccc1/C=C/C1=CC(n2cccn2)([N+](=O)[O-])CC(/C=C/c2ccc3cc[nH]c3c2)=C1. The second kappa shape index (κ2) is 12.0. The Morgan fingerprint density at radius 2 is 1.98 bits per heavy atom. The molecule has 0 bridgehead atoms. The van der Waals surface area contributed by atoms with Crippen molar-refractivity contribution < 1.29 is 14.4 Å². The van der Waals surface area contributed by atoms with Crippen molar-refractivity contribution in [2.45, 2.75) is 18.7 Å². The number of aromatic nitrogens is 4. The zero-order valence-corrected chi connectivity index (χ0v) is 23.5. The van der Waals surface area contributed by atoms with Crippen LogP contribution in [0.2, 0.25) is 0 Å². The molecule has 2 aromatic carbocycles. The number of hydrogen-bond donors (Lipinski definition) is 1. The van der Waals surface area contributed by atoms with Crippen LogP contribution in [0.3, 0.4) is 0 Å². The van der Waals surface area contributed by atoms with Crippen LogP contribution in [-0.2, 0) is 12.3 Å². The first-order valence-electron chi connectivity index (χ1n) is 13.7. The van der Waals surface area contributed by atoms with Crippen molar-refractivity contribution in [3.05, 3.63) is 154 Å². The van der Waals surface area contributed by atoms with E-state index in [4.69, 9.17) is 9.47 Å². The van der Waals surface area contributed by atoms with Gasteiger partial charge in [0.05, 0.1) is 24.1 Å². The molecule has 0 radical (unpaired) electrons. The first-order chi connectivity index (χ1) is 21.0. The zero-order valence-electron chi connectivity index (χ0n) is 23.5. The minimum atomic E-state index is -1.58.